The van der Waals surface area contributed by atoms with Crippen LogP contribution in [-0.4, -0.2) is 32.4 Å². The molecule has 3 aromatic rings. The minimum Gasteiger partial charge on any atom is -0.476 e. The molecule has 2 heterocycles. The number of ether oxygens (including phenoxy) is 1. The molecule has 8 nitrogen and oxygen atoms in total. The van der Waals surface area contributed by atoms with Gasteiger partial charge in [0, 0.05) is 11.1 Å². The molecular weight excluding hydrogens is 296 g/mol. The average Bonchev–Trinajstić information content (AvgIpc) is 2.55. The number of rotatable bonds is 4. The molecule has 8 heteroatoms. The Bertz CT molecular complexity index is 879. The summed E-state index contributed by atoms with van der Waals surface area (Å²) in [6, 6.07) is 6.75. The van der Waals surface area contributed by atoms with E-state index < -0.39 is 5.91 Å². The highest BCUT2D eigenvalue weighted by Crippen LogP contribution is 2.24. The molecule has 0 saturated carbocycles. The second-order valence-corrected chi connectivity index (χ2v) is 4.69. The zero-order valence-corrected chi connectivity index (χ0v) is 12.4. The number of benzene rings is 1. The van der Waals surface area contributed by atoms with E-state index in [1.165, 1.54) is 0 Å². The third-order valence-corrected chi connectivity index (χ3v) is 3.14. The van der Waals surface area contributed by atoms with E-state index in [4.69, 9.17) is 16.2 Å². The van der Waals surface area contributed by atoms with Crippen LogP contribution in [0.4, 0.5) is 5.95 Å². The first-order chi connectivity index (χ1) is 11.1. The monoisotopic (exact) mass is 310 g/mol. The first-order valence-electron chi connectivity index (χ1n) is 6.91. The third-order valence-electron chi connectivity index (χ3n) is 3.14. The molecule has 4 N–H and O–H groups in total. The zero-order valence-electron chi connectivity index (χ0n) is 12.4. The molecule has 116 valence electrons. The second-order valence-electron chi connectivity index (χ2n) is 4.69. The van der Waals surface area contributed by atoms with Gasteiger partial charge in [0.25, 0.3) is 0 Å². The maximum atomic E-state index is 11.1. The summed E-state index contributed by atoms with van der Waals surface area (Å²) in [4.78, 5) is 28.0. The maximum absolute atomic E-state index is 11.1. The van der Waals surface area contributed by atoms with Crippen molar-refractivity contribution >= 4 is 23.0 Å². The fraction of sp³-hybridized carbons (Fsp3) is 0.133. The predicted molar refractivity (Wildman–Crippen MR) is 84.7 cm³/mol. The molecule has 0 unspecified atom stereocenters. The first-order valence-corrected chi connectivity index (χ1v) is 6.91. The standard InChI is InChI=1S/C15H14N6O2/c1-2-23-14-11-13(20-15(17)21-14)18-7-10(19-11)8-3-5-9(6-4-8)12(16)22/h3-7H,2H2,1H3,(H2,16,22)(H2,17,18,20,21). The van der Waals surface area contributed by atoms with Crippen LogP contribution in [0.5, 0.6) is 5.88 Å². The number of aromatic nitrogens is 4. The first kappa shape index (κ1) is 14.6. The van der Waals surface area contributed by atoms with E-state index in [0.29, 0.717) is 29.0 Å². The van der Waals surface area contributed by atoms with Crippen molar-refractivity contribution in [3.8, 4) is 17.1 Å². The molecule has 1 aromatic carbocycles. The number of hydrogen-bond donors (Lipinski definition) is 2. The van der Waals surface area contributed by atoms with Crippen LogP contribution in [0.1, 0.15) is 17.3 Å². The lowest BCUT2D eigenvalue weighted by molar-refractivity contribution is 0.100. The number of nitrogen functional groups attached to an aromatic ring is 1. The Balaban J connectivity index is 2.10. The van der Waals surface area contributed by atoms with Gasteiger partial charge in [-0.2, -0.15) is 9.97 Å². The van der Waals surface area contributed by atoms with E-state index in [1.807, 2.05) is 6.92 Å². The van der Waals surface area contributed by atoms with Crippen molar-refractivity contribution in [2.75, 3.05) is 12.3 Å². The van der Waals surface area contributed by atoms with Gasteiger partial charge in [0.05, 0.1) is 18.5 Å². The molecule has 23 heavy (non-hydrogen) atoms. The van der Waals surface area contributed by atoms with Crippen LogP contribution >= 0.6 is 0 Å². The Hall–Kier alpha value is -3.29. The molecule has 0 bridgehead atoms. The molecule has 0 aliphatic heterocycles. The van der Waals surface area contributed by atoms with E-state index in [-0.39, 0.29) is 11.8 Å². The Morgan fingerprint density at radius 2 is 1.91 bits per heavy atom. The molecule has 1 amide bonds. The lowest BCUT2D eigenvalue weighted by Gasteiger charge is -2.07. The molecule has 0 aliphatic carbocycles. The lowest BCUT2D eigenvalue weighted by Crippen LogP contribution is -2.10. The highest BCUT2D eigenvalue weighted by molar-refractivity contribution is 5.93. The molecule has 0 radical (unpaired) electrons. The van der Waals surface area contributed by atoms with Gasteiger partial charge in [-0.25, -0.2) is 9.97 Å². The number of amides is 1. The van der Waals surface area contributed by atoms with Crippen LogP contribution in [0.2, 0.25) is 0 Å². The Morgan fingerprint density at radius 3 is 2.57 bits per heavy atom. The Morgan fingerprint density at radius 1 is 1.17 bits per heavy atom. The topological polar surface area (TPSA) is 130 Å². The number of carbonyl (C=O) groups is 1. The fourth-order valence-electron chi connectivity index (χ4n) is 2.08. The number of nitrogens with zero attached hydrogens (tertiary/aromatic N) is 4. The van der Waals surface area contributed by atoms with Gasteiger partial charge in [0.2, 0.25) is 17.7 Å². The summed E-state index contributed by atoms with van der Waals surface area (Å²) in [6.07, 6.45) is 1.57. The van der Waals surface area contributed by atoms with Crippen LogP contribution in [0, 0.1) is 0 Å². The largest absolute Gasteiger partial charge is 0.476 e. The second kappa shape index (κ2) is 5.84. The van der Waals surface area contributed by atoms with Crippen molar-refractivity contribution < 1.29 is 9.53 Å². The van der Waals surface area contributed by atoms with Crippen molar-refractivity contribution in [3.63, 3.8) is 0 Å². The SMILES string of the molecule is CCOc1nc(N)nc2ncc(-c3ccc(C(N)=O)cc3)nc12. The van der Waals surface area contributed by atoms with Crippen molar-refractivity contribution in [1.82, 2.24) is 19.9 Å². The van der Waals surface area contributed by atoms with Gasteiger partial charge in [0.15, 0.2) is 11.2 Å². The van der Waals surface area contributed by atoms with Crippen molar-refractivity contribution in [1.29, 1.82) is 0 Å². The summed E-state index contributed by atoms with van der Waals surface area (Å²) in [5, 5.41) is 0. The highest BCUT2D eigenvalue weighted by atomic mass is 16.5. The average molecular weight is 310 g/mol. The zero-order chi connectivity index (χ0) is 16.4. The van der Waals surface area contributed by atoms with E-state index in [9.17, 15) is 4.79 Å². The summed E-state index contributed by atoms with van der Waals surface area (Å²) in [7, 11) is 0. The molecule has 2 aromatic heterocycles. The summed E-state index contributed by atoms with van der Waals surface area (Å²) >= 11 is 0. The van der Waals surface area contributed by atoms with Gasteiger partial charge in [0.1, 0.15) is 0 Å². The molecule has 3 rings (SSSR count). The number of anilines is 1. The van der Waals surface area contributed by atoms with E-state index >= 15 is 0 Å². The van der Waals surface area contributed by atoms with Gasteiger partial charge in [-0.1, -0.05) is 12.1 Å². The number of primary amides is 1. The maximum Gasteiger partial charge on any atom is 0.248 e. The smallest absolute Gasteiger partial charge is 0.248 e. The van der Waals surface area contributed by atoms with Crippen LogP contribution in [0.25, 0.3) is 22.4 Å². The summed E-state index contributed by atoms with van der Waals surface area (Å²) < 4.78 is 5.45. The van der Waals surface area contributed by atoms with Gasteiger partial charge >= 0.3 is 0 Å². The number of hydrogen-bond acceptors (Lipinski definition) is 7. The van der Waals surface area contributed by atoms with Gasteiger partial charge in [-0.3, -0.25) is 4.79 Å². The van der Waals surface area contributed by atoms with Gasteiger partial charge in [-0.15, -0.1) is 0 Å². The van der Waals surface area contributed by atoms with E-state index in [2.05, 4.69) is 19.9 Å². The third kappa shape index (κ3) is 2.86. The van der Waals surface area contributed by atoms with Crippen molar-refractivity contribution in [2.24, 2.45) is 5.73 Å². The molecular formula is C15H14N6O2. The lowest BCUT2D eigenvalue weighted by atomic mass is 10.1. The Kier molecular flexibility index (Phi) is 3.71. The van der Waals surface area contributed by atoms with Crippen molar-refractivity contribution in [2.45, 2.75) is 6.92 Å². The van der Waals surface area contributed by atoms with Crippen LogP contribution in [-0.2, 0) is 0 Å². The summed E-state index contributed by atoms with van der Waals surface area (Å²) in [6.45, 7) is 2.26. The predicted octanol–water partition coefficient (Wildman–Crippen LogP) is 1.17. The quantitative estimate of drug-likeness (QED) is 0.739. The fourth-order valence-corrected chi connectivity index (χ4v) is 2.08. The number of nitrogens with two attached hydrogens (primary N) is 2. The van der Waals surface area contributed by atoms with Crippen LogP contribution in [0.3, 0.4) is 0 Å². The molecule has 0 aliphatic rings. The minimum atomic E-state index is -0.483. The van der Waals surface area contributed by atoms with E-state index in [0.717, 1.165) is 5.56 Å². The summed E-state index contributed by atoms with van der Waals surface area (Å²) in [5.74, 6) is -0.115. The minimum absolute atomic E-state index is 0.0776. The van der Waals surface area contributed by atoms with E-state index in [1.54, 1.807) is 30.5 Å². The summed E-state index contributed by atoms with van der Waals surface area (Å²) in [5.41, 5.74) is 13.5. The van der Waals surface area contributed by atoms with Gasteiger partial charge < -0.3 is 16.2 Å². The van der Waals surface area contributed by atoms with Crippen LogP contribution in [0.15, 0.2) is 30.5 Å². The van der Waals surface area contributed by atoms with Crippen molar-refractivity contribution in [3.05, 3.63) is 36.0 Å². The number of carbonyl (C=O) groups excluding carboxylic acids is 1. The molecule has 0 spiro atoms. The van der Waals surface area contributed by atoms with Crippen LogP contribution < -0.4 is 16.2 Å². The normalized spacial score (nSPS) is 10.7. The molecule has 0 fully saturated rings. The Labute approximate surface area is 131 Å². The molecule has 0 atom stereocenters. The number of fused-ring (bicyclic) bond motifs is 1. The molecule has 0 saturated heterocycles. The highest BCUT2D eigenvalue weighted by Gasteiger charge is 2.12. The van der Waals surface area contributed by atoms with Gasteiger partial charge in [-0.05, 0) is 19.1 Å².